The van der Waals surface area contributed by atoms with Gasteiger partial charge in [0.25, 0.3) is 5.24 Å². The quantitative estimate of drug-likeness (QED) is 0.771. The number of ether oxygens (including phenoxy) is 1. The summed E-state index contributed by atoms with van der Waals surface area (Å²) in [5.41, 5.74) is 0.846. The van der Waals surface area contributed by atoms with Crippen molar-refractivity contribution in [3.63, 3.8) is 0 Å². The van der Waals surface area contributed by atoms with E-state index in [2.05, 4.69) is 5.32 Å². The molecule has 1 saturated heterocycles. The Morgan fingerprint density at radius 2 is 2.09 bits per heavy atom. The van der Waals surface area contributed by atoms with Crippen LogP contribution in [0.5, 0.6) is 0 Å². The van der Waals surface area contributed by atoms with E-state index < -0.39 is 6.04 Å². The number of carbonyl (C=O) groups is 3. The van der Waals surface area contributed by atoms with Crippen LogP contribution in [-0.4, -0.2) is 48.0 Å². The van der Waals surface area contributed by atoms with Gasteiger partial charge < -0.3 is 15.0 Å². The first-order valence-electron chi connectivity index (χ1n) is 7.43. The second kappa shape index (κ2) is 8.57. The molecule has 0 radical (unpaired) electrons. The number of nitrogens with one attached hydrogen (secondary N) is 1. The second-order valence-electron chi connectivity index (χ2n) is 5.16. The summed E-state index contributed by atoms with van der Waals surface area (Å²) in [5.74, 6) is 0.202. The highest BCUT2D eigenvalue weighted by molar-refractivity contribution is 8.13. The topological polar surface area (TPSA) is 75.7 Å². The van der Waals surface area contributed by atoms with Crippen molar-refractivity contribution < 1.29 is 19.1 Å². The number of benzene rings is 1. The van der Waals surface area contributed by atoms with Crippen LogP contribution in [0.25, 0.3) is 0 Å². The molecule has 0 bridgehead atoms. The fourth-order valence-electron chi connectivity index (χ4n) is 2.32. The normalized spacial score (nSPS) is 15.3. The van der Waals surface area contributed by atoms with Crippen LogP contribution in [0.1, 0.15) is 24.4 Å². The third-order valence-corrected chi connectivity index (χ3v) is 4.48. The lowest BCUT2D eigenvalue weighted by Gasteiger charge is -2.19. The molecule has 124 valence electrons. The minimum Gasteiger partial charge on any atom is -0.469 e. The zero-order chi connectivity index (χ0) is 16.7. The third-order valence-electron chi connectivity index (χ3n) is 3.59. The molecule has 0 spiro atoms. The molecule has 1 atom stereocenters. The maximum Gasteiger partial charge on any atom is 0.307 e. The molecule has 1 fully saturated rings. The molecule has 0 aliphatic carbocycles. The molecule has 2 rings (SSSR count). The number of nitrogens with zero attached hydrogens (tertiary/aromatic N) is 1. The predicted molar refractivity (Wildman–Crippen MR) is 88.0 cm³/mol. The van der Waals surface area contributed by atoms with Crippen molar-refractivity contribution in [3.05, 3.63) is 35.9 Å². The van der Waals surface area contributed by atoms with Crippen LogP contribution in [0.4, 0.5) is 4.79 Å². The second-order valence-corrected chi connectivity index (χ2v) is 6.21. The van der Waals surface area contributed by atoms with Crippen molar-refractivity contribution in [1.82, 2.24) is 10.2 Å². The lowest BCUT2D eigenvalue weighted by atomic mass is 10.0. The molecule has 1 heterocycles. The molecule has 2 amide bonds. The highest BCUT2D eigenvalue weighted by Gasteiger charge is 2.23. The van der Waals surface area contributed by atoms with E-state index in [9.17, 15) is 14.4 Å². The van der Waals surface area contributed by atoms with Gasteiger partial charge in [-0.15, -0.1) is 0 Å². The van der Waals surface area contributed by atoms with E-state index in [0.717, 1.165) is 11.3 Å². The Hall–Kier alpha value is -2.02. The van der Waals surface area contributed by atoms with Crippen LogP contribution >= 0.6 is 11.8 Å². The van der Waals surface area contributed by atoms with Crippen LogP contribution in [0, 0.1) is 0 Å². The summed E-state index contributed by atoms with van der Waals surface area (Å²) in [5, 5.41) is 2.87. The molecular weight excluding hydrogens is 316 g/mol. The third kappa shape index (κ3) is 5.28. The van der Waals surface area contributed by atoms with Gasteiger partial charge in [0.05, 0.1) is 19.6 Å². The number of methoxy groups -OCH3 is 1. The van der Waals surface area contributed by atoms with Gasteiger partial charge in [-0.05, 0) is 5.56 Å². The monoisotopic (exact) mass is 336 g/mol. The van der Waals surface area contributed by atoms with Gasteiger partial charge in [0.15, 0.2) is 0 Å². The first-order valence-corrected chi connectivity index (χ1v) is 8.41. The van der Waals surface area contributed by atoms with Crippen LogP contribution < -0.4 is 5.32 Å². The van der Waals surface area contributed by atoms with Crippen molar-refractivity contribution in [3.8, 4) is 0 Å². The summed E-state index contributed by atoms with van der Waals surface area (Å²) in [6.45, 7) is 1.08. The average molecular weight is 336 g/mol. The largest absolute Gasteiger partial charge is 0.469 e. The molecular formula is C16H20N2O4S. The Morgan fingerprint density at radius 3 is 2.70 bits per heavy atom. The lowest BCUT2D eigenvalue weighted by molar-refractivity contribution is -0.141. The minimum absolute atomic E-state index is 0.0203. The number of rotatable bonds is 7. The van der Waals surface area contributed by atoms with E-state index in [1.165, 1.54) is 18.9 Å². The van der Waals surface area contributed by atoms with Crippen LogP contribution in [0.2, 0.25) is 0 Å². The number of hydrogen-bond donors (Lipinski definition) is 1. The molecule has 1 aliphatic heterocycles. The van der Waals surface area contributed by atoms with Crippen molar-refractivity contribution in [2.75, 3.05) is 26.0 Å². The van der Waals surface area contributed by atoms with E-state index in [1.54, 1.807) is 4.90 Å². The summed E-state index contributed by atoms with van der Waals surface area (Å²) in [6.07, 6.45) is 0.293. The van der Waals surface area contributed by atoms with Gasteiger partial charge in [0, 0.05) is 25.3 Å². The van der Waals surface area contributed by atoms with Crippen LogP contribution in [0.3, 0.4) is 0 Å². The zero-order valence-corrected chi connectivity index (χ0v) is 13.8. The molecule has 1 aromatic carbocycles. The van der Waals surface area contributed by atoms with E-state index in [1.807, 2.05) is 30.3 Å². The summed E-state index contributed by atoms with van der Waals surface area (Å²) in [7, 11) is 1.32. The Kier molecular flexibility index (Phi) is 6.46. The van der Waals surface area contributed by atoms with E-state index >= 15 is 0 Å². The number of hydrogen-bond acceptors (Lipinski definition) is 5. The van der Waals surface area contributed by atoms with Crippen molar-refractivity contribution in [2.24, 2.45) is 0 Å². The van der Waals surface area contributed by atoms with Gasteiger partial charge in [-0.1, -0.05) is 42.1 Å². The lowest BCUT2D eigenvalue weighted by Crippen LogP contribution is -2.34. The van der Waals surface area contributed by atoms with Crippen LogP contribution in [-0.2, 0) is 14.3 Å². The van der Waals surface area contributed by atoms with Gasteiger partial charge in [-0.2, -0.15) is 0 Å². The summed E-state index contributed by atoms with van der Waals surface area (Å²) < 4.78 is 4.69. The van der Waals surface area contributed by atoms with E-state index in [4.69, 9.17) is 4.74 Å². The maximum absolute atomic E-state index is 12.2. The predicted octanol–water partition coefficient (Wildman–Crippen LogP) is 1.97. The average Bonchev–Trinajstić information content (AvgIpc) is 2.98. The molecule has 1 N–H and O–H groups in total. The van der Waals surface area contributed by atoms with Crippen molar-refractivity contribution >= 4 is 28.9 Å². The Morgan fingerprint density at radius 1 is 1.35 bits per heavy atom. The number of amides is 2. The first kappa shape index (κ1) is 17.3. The Bertz CT molecular complexity index is 564. The molecule has 1 aromatic rings. The first-order chi connectivity index (χ1) is 11.1. The van der Waals surface area contributed by atoms with Gasteiger partial charge in [-0.25, -0.2) is 0 Å². The van der Waals surface area contributed by atoms with Gasteiger partial charge >= 0.3 is 5.97 Å². The highest BCUT2D eigenvalue weighted by atomic mass is 32.2. The van der Waals surface area contributed by atoms with Gasteiger partial charge in [0.1, 0.15) is 0 Å². The molecule has 6 nitrogen and oxygen atoms in total. The van der Waals surface area contributed by atoms with Crippen molar-refractivity contribution in [2.45, 2.75) is 18.9 Å². The fourth-order valence-corrected chi connectivity index (χ4v) is 3.17. The van der Waals surface area contributed by atoms with E-state index in [-0.39, 0.29) is 30.0 Å². The summed E-state index contributed by atoms with van der Waals surface area (Å²) in [6, 6.07) is 8.86. The zero-order valence-electron chi connectivity index (χ0n) is 13.0. The molecule has 1 aliphatic rings. The molecule has 0 aromatic heterocycles. The van der Waals surface area contributed by atoms with E-state index in [0.29, 0.717) is 13.1 Å². The molecule has 1 unspecified atom stereocenters. The van der Waals surface area contributed by atoms with Crippen molar-refractivity contribution in [1.29, 1.82) is 0 Å². The van der Waals surface area contributed by atoms with Gasteiger partial charge in [-0.3, -0.25) is 14.4 Å². The Labute approximate surface area is 139 Å². The fraction of sp³-hybridized carbons (Fsp3) is 0.438. The SMILES string of the molecule is COC(=O)CC(NC(=O)CCN1CCSC1=O)c1ccccc1. The standard InChI is InChI=1S/C16H20N2O4S/c1-22-15(20)11-13(12-5-3-2-4-6-12)17-14(19)7-8-18-9-10-23-16(18)21/h2-6,13H,7-11H2,1H3,(H,17,19). The summed E-state index contributed by atoms with van der Waals surface area (Å²) in [4.78, 5) is 36.9. The minimum atomic E-state index is -0.431. The number of thioether (sulfide) groups is 1. The Balaban J connectivity index is 1.92. The number of esters is 1. The molecule has 0 saturated carbocycles. The smallest absolute Gasteiger partial charge is 0.307 e. The maximum atomic E-state index is 12.2. The molecule has 23 heavy (non-hydrogen) atoms. The highest BCUT2D eigenvalue weighted by Crippen LogP contribution is 2.19. The number of carbonyl (C=O) groups excluding carboxylic acids is 3. The van der Waals surface area contributed by atoms with Gasteiger partial charge in [0.2, 0.25) is 5.91 Å². The van der Waals surface area contributed by atoms with Crippen LogP contribution in [0.15, 0.2) is 30.3 Å². The molecule has 7 heteroatoms. The summed E-state index contributed by atoms with van der Waals surface area (Å²) >= 11 is 1.27.